The van der Waals surface area contributed by atoms with Gasteiger partial charge in [-0.25, -0.2) is 9.97 Å². The van der Waals surface area contributed by atoms with E-state index in [2.05, 4.69) is 156 Å². The van der Waals surface area contributed by atoms with Gasteiger partial charge in [0.05, 0.1) is 22.2 Å². The number of pyridine rings is 1. The van der Waals surface area contributed by atoms with E-state index < -0.39 is 0 Å². The van der Waals surface area contributed by atoms with Crippen LogP contribution in [0.25, 0.3) is 93.8 Å². The molecule has 10 aromatic rings. The number of hydrogen-bond acceptors (Lipinski definition) is 3. The summed E-state index contributed by atoms with van der Waals surface area (Å²) in [6.45, 7) is 0. The van der Waals surface area contributed by atoms with Gasteiger partial charge in [-0.3, -0.25) is 9.55 Å². The van der Waals surface area contributed by atoms with Crippen LogP contribution >= 0.6 is 0 Å². The third-order valence-electron chi connectivity index (χ3n) is 9.64. The molecule has 0 unspecified atom stereocenters. The molecule has 49 heavy (non-hydrogen) atoms. The Balaban J connectivity index is 1.20. The third kappa shape index (κ3) is 4.49. The molecule has 4 nitrogen and oxygen atoms in total. The summed E-state index contributed by atoms with van der Waals surface area (Å²) in [5.74, 6) is 0.622. The molecular formula is C45H28N4. The Labute approximate surface area is 282 Å². The second kappa shape index (κ2) is 11.0. The number of hydrogen-bond donors (Lipinski definition) is 0. The van der Waals surface area contributed by atoms with E-state index in [1.807, 2.05) is 18.3 Å². The predicted molar refractivity (Wildman–Crippen MR) is 203 cm³/mol. The average molecular weight is 625 g/mol. The topological polar surface area (TPSA) is 43.6 Å². The summed E-state index contributed by atoms with van der Waals surface area (Å²) < 4.78 is 2.21. The van der Waals surface area contributed by atoms with E-state index in [9.17, 15) is 0 Å². The molecule has 0 saturated carbocycles. The van der Waals surface area contributed by atoms with Gasteiger partial charge in [-0.05, 0) is 74.6 Å². The first-order chi connectivity index (χ1) is 24.3. The minimum atomic E-state index is 0.622. The summed E-state index contributed by atoms with van der Waals surface area (Å²) in [5.41, 5.74) is 9.22. The summed E-state index contributed by atoms with van der Waals surface area (Å²) in [7, 11) is 0. The Morgan fingerprint density at radius 2 is 1.10 bits per heavy atom. The summed E-state index contributed by atoms with van der Waals surface area (Å²) in [5, 5.41) is 8.10. The smallest absolute Gasteiger partial charge is 0.235 e. The zero-order valence-corrected chi connectivity index (χ0v) is 26.5. The van der Waals surface area contributed by atoms with Crippen molar-refractivity contribution in [2.24, 2.45) is 0 Å². The average Bonchev–Trinajstić information content (AvgIpc) is 3.49. The van der Waals surface area contributed by atoms with E-state index in [1.165, 1.54) is 38.1 Å². The highest BCUT2D eigenvalue weighted by Crippen LogP contribution is 2.38. The Hall–Kier alpha value is -6.65. The molecular weight excluding hydrogens is 597 g/mol. The van der Waals surface area contributed by atoms with Crippen molar-refractivity contribution in [1.29, 1.82) is 0 Å². The molecule has 0 spiro atoms. The maximum atomic E-state index is 5.32. The molecule has 0 atom stereocenters. The van der Waals surface area contributed by atoms with Gasteiger partial charge < -0.3 is 0 Å². The van der Waals surface area contributed by atoms with Crippen molar-refractivity contribution in [1.82, 2.24) is 19.5 Å². The number of nitrogens with zero attached hydrogens (tertiary/aromatic N) is 4. The number of aromatic nitrogens is 4. The van der Waals surface area contributed by atoms with Crippen LogP contribution in [0.5, 0.6) is 0 Å². The first-order valence-corrected chi connectivity index (χ1v) is 16.5. The van der Waals surface area contributed by atoms with Gasteiger partial charge in [0.25, 0.3) is 0 Å². The van der Waals surface area contributed by atoms with Crippen LogP contribution in [0.2, 0.25) is 0 Å². The van der Waals surface area contributed by atoms with Crippen LogP contribution in [0.3, 0.4) is 0 Å². The molecule has 10 rings (SSSR count). The van der Waals surface area contributed by atoms with Crippen molar-refractivity contribution >= 4 is 54.3 Å². The largest absolute Gasteiger partial charge is 0.278 e. The van der Waals surface area contributed by atoms with Crippen molar-refractivity contribution < 1.29 is 0 Å². The Bertz CT molecular complexity index is 2860. The van der Waals surface area contributed by atoms with Crippen molar-refractivity contribution in [3.8, 4) is 39.6 Å². The molecule has 3 heterocycles. The second-order valence-corrected chi connectivity index (χ2v) is 12.5. The fourth-order valence-electron chi connectivity index (χ4n) is 7.26. The van der Waals surface area contributed by atoms with Crippen LogP contribution in [0.1, 0.15) is 0 Å². The molecule has 228 valence electrons. The van der Waals surface area contributed by atoms with Crippen LogP contribution in [-0.4, -0.2) is 19.5 Å². The Kier molecular flexibility index (Phi) is 6.15. The fraction of sp³-hybridized carbons (Fsp3) is 0. The standard InChI is InChI=1S/C45H28N4/c1-2-11-29(12-3-1)33-22-24-42-38(26-33)39-25-31-14-4-5-15-32(31)27-43(39)49(42)45-47-40-20-9-8-18-37(40)44(48-45)41-23-21-34(28-46-41)36-19-10-16-30-13-6-7-17-35(30)36/h1-28H. The lowest BCUT2D eigenvalue weighted by molar-refractivity contribution is 1.01. The van der Waals surface area contributed by atoms with Gasteiger partial charge in [0.1, 0.15) is 5.69 Å². The lowest BCUT2D eigenvalue weighted by atomic mass is 9.99. The molecule has 0 aliphatic heterocycles. The summed E-state index contributed by atoms with van der Waals surface area (Å²) >= 11 is 0. The molecule has 0 amide bonds. The minimum Gasteiger partial charge on any atom is -0.278 e. The Morgan fingerprint density at radius 1 is 0.408 bits per heavy atom. The molecule has 3 aromatic heterocycles. The first kappa shape index (κ1) is 27.5. The summed E-state index contributed by atoms with van der Waals surface area (Å²) in [6, 6.07) is 57.7. The van der Waals surface area contributed by atoms with Crippen LogP contribution in [-0.2, 0) is 0 Å². The van der Waals surface area contributed by atoms with Gasteiger partial charge in [0.15, 0.2) is 0 Å². The van der Waals surface area contributed by atoms with E-state index >= 15 is 0 Å². The van der Waals surface area contributed by atoms with Gasteiger partial charge in [0.2, 0.25) is 5.95 Å². The van der Waals surface area contributed by atoms with E-state index in [0.717, 1.165) is 49.8 Å². The van der Waals surface area contributed by atoms with E-state index in [0.29, 0.717) is 5.95 Å². The van der Waals surface area contributed by atoms with E-state index in [1.54, 1.807) is 0 Å². The number of para-hydroxylation sites is 1. The molecule has 0 radical (unpaired) electrons. The van der Waals surface area contributed by atoms with Crippen molar-refractivity contribution in [2.75, 3.05) is 0 Å². The quantitative estimate of drug-likeness (QED) is 0.196. The summed E-state index contributed by atoms with van der Waals surface area (Å²) in [6.07, 6.45) is 1.96. The van der Waals surface area contributed by atoms with Gasteiger partial charge in [0, 0.05) is 27.9 Å². The van der Waals surface area contributed by atoms with Crippen LogP contribution in [0.15, 0.2) is 170 Å². The summed E-state index contributed by atoms with van der Waals surface area (Å²) in [4.78, 5) is 15.5. The van der Waals surface area contributed by atoms with Gasteiger partial charge in [-0.15, -0.1) is 0 Å². The molecule has 0 aliphatic rings. The van der Waals surface area contributed by atoms with E-state index in [-0.39, 0.29) is 0 Å². The molecule has 0 aliphatic carbocycles. The zero-order valence-electron chi connectivity index (χ0n) is 26.5. The van der Waals surface area contributed by atoms with Crippen LogP contribution in [0.4, 0.5) is 0 Å². The van der Waals surface area contributed by atoms with Crippen LogP contribution in [0, 0.1) is 0 Å². The minimum absolute atomic E-state index is 0.622. The van der Waals surface area contributed by atoms with Crippen LogP contribution < -0.4 is 0 Å². The molecule has 7 aromatic carbocycles. The molecule has 0 N–H and O–H groups in total. The van der Waals surface area contributed by atoms with Crippen molar-refractivity contribution in [3.05, 3.63) is 170 Å². The molecule has 0 bridgehead atoms. The van der Waals surface area contributed by atoms with E-state index in [4.69, 9.17) is 15.0 Å². The number of fused-ring (bicyclic) bond motifs is 6. The molecule has 0 saturated heterocycles. The third-order valence-corrected chi connectivity index (χ3v) is 9.64. The second-order valence-electron chi connectivity index (χ2n) is 12.5. The predicted octanol–water partition coefficient (Wildman–Crippen LogP) is 11.4. The lowest BCUT2D eigenvalue weighted by Gasteiger charge is -2.12. The highest BCUT2D eigenvalue weighted by Gasteiger charge is 2.19. The zero-order chi connectivity index (χ0) is 32.3. The molecule has 4 heteroatoms. The highest BCUT2D eigenvalue weighted by molar-refractivity contribution is 6.14. The first-order valence-electron chi connectivity index (χ1n) is 16.5. The number of rotatable bonds is 4. The lowest BCUT2D eigenvalue weighted by Crippen LogP contribution is -2.04. The normalized spacial score (nSPS) is 11.7. The maximum absolute atomic E-state index is 5.32. The highest BCUT2D eigenvalue weighted by atomic mass is 15.2. The number of benzene rings is 7. The van der Waals surface area contributed by atoms with Gasteiger partial charge in [-0.1, -0.05) is 127 Å². The Morgan fingerprint density at radius 3 is 1.94 bits per heavy atom. The van der Waals surface area contributed by atoms with Crippen molar-refractivity contribution in [3.63, 3.8) is 0 Å². The van der Waals surface area contributed by atoms with Gasteiger partial charge in [-0.2, -0.15) is 0 Å². The SMILES string of the molecule is c1ccc(-c2ccc3c(c2)c2cc4ccccc4cc2n3-c2nc(-c3ccc(-c4cccc5ccccc45)cn3)c3ccccc3n2)cc1. The monoisotopic (exact) mass is 624 g/mol. The van der Waals surface area contributed by atoms with Crippen molar-refractivity contribution in [2.45, 2.75) is 0 Å². The van der Waals surface area contributed by atoms with Gasteiger partial charge >= 0.3 is 0 Å². The molecule has 0 fully saturated rings. The fourth-order valence-corrected chi connectivity index (χ4v) is 7.26. The maximum Gasteiger partial charge on any atom is 0.235 e.